The quantitative estimate of drug-likeness (QED) is 0.225. The summed E-state index contributed by atoms with van der Waals surface area (Å²) in [4.78, 5) is 23.9. The second-order valence-electron chi connectivity index (χ2n) is 11.6. The zero-order valence-electron chi connectivity index (χ0n) is 27.7. The van der Waals surface area contributed by atoms with E-state index in [2.05, 4.69) is 56.6 Å². The topological polar surface area (TPSA) is 72.5 Å². The van der Waals surface area contributed by atoms with Gasteiger partial charge in [-0.1, -0.05) is 52.0 Å². The molecule has 3 aromatic rings. The molecule has 1 radical (unpaired) electrons. The Balaban J connectivity index is 0.00000101. The summed E-state index contributed by atoms with van der Waals surface area (Å²) in [6.45, 7) is 17.5. The highest BCUT2D eigenvalue weighted by molar-refractivity contribution is 7.17. The van der Waals surface area contributed by atoms with Crippen LogP contribution in [-0.2, 0) is 6.54 Å². The third-order valence-electron chi connectivity index (χ3n) is 8.32. The number of pyridine rings is 1. The van der Waals surface area contributed by atoms with E-state index in [1.165, 1.54) is 17.2 Å². The van der Waals surface area contributed by atoms with Crippen molar-refractivity contribution in [3.05, 3.63) is 94.6 Å². The molecular formula is C37H50FN6OS. The van der Waals surface area contributed by atoms with Gasteiger partial charge in [-0.3, -0.25) is 9.88 Å². The fourth-order valence-corrected chi connectivity index (χ4v) is 7.06. The average Bonchev–Trinajstić information content (AvgIpc) is 3.72. The highest BCUT2D eigenvalue weighted by Crippen LogP contribution is 2.52. The standard InChI is InChI=1S/C33H34FN6OS.2C2H6.2H2/c1-20-8-11-40(12-9-20)17-21-3-6-29(36-16-21)31-15-30-32(42-31)25(7-10-35-30)27-14-26(27)24-5-4-22(13-28(24)34)37-33(41)38-23-18-39(2)19-23;2*1-2;;/h3-7,13-16,23,35H,1,8-12,17-19H2,2H3,(H2,37,38,41);2*1-2H3;2*1H. The number of nitrogens with zero attached hydrogens (tertiary/aromatic N) is 3. The number of piperidine rings is 1. The number of likely N-dealkylation sites (N-methyl/N-ethyl adjacent to an activating group) is 1. The number of rotatable bonds is 7. The normalized spacial score (nSPS) is 17.7. The minimum Gasteiger partial charge on any atom is -0.380 e. The molecule has 0 saturated carbocycles. The molecule has 0 spiro atoms. The van der Waals surface area contributed by atoms with Gasteiger partial charge in [0, 0.05) is 66.0 Å². The van der Waals surface area contributed by atoms with Gasteiger partial charge < -0.3 is 20.9 Å². The number of allylic oxidation sites excluding steroid dienone is 3. The lowest BCUT2D eigenvalue weighted by Crippen LogP contribution is -2.58. The number of anilines is 2. The summed E-state index contributed by atoms with van der Waals surface area (Å²) in [6, 6.07) is 11.2. The SMILES string of the molecule is C=C1CCN(Cc2ccc(-c3cc4c(s3)C(C3=C(c5ccc(NC(=O)NC6CN(C)C6)cc5F)[CH]3)=CCN4)nc2)CC1.CC.CC.[HH].[HH]. The summed E-state index contributed by atoms with van der Waals surface area (Å²) >= 11 is 1.71. The van der Waals surface area contributed by atoms with Crippen molar-refractivity contribution < 1.29 is 12.0 Å². The minimum atomic E-state index is -0.349. The van der Waals surface area contributed by atoms with Crippen LogP contribution in [0.15, 0.2) is 66.4 Å². The van der Waals surface area contributed by atoms with Gasteiger partial charge >= 0.3 is 6.03 Å². The number of nitrogens with one attached hydrogen (secondary N) is 3. The van der Waals surface area contributed by atoms with E-state index in [1.54, 1.807) is 23.5 Å². The molecule has 46 heavy (non-hydrogen) atoms. The van der Waals surface area contributed by atoms with Gasteiger partial charge in [-0.25, -0.2) is 9.18 Å². The summed E-state index contributed by atoms with van der Waals surface area (Å²) in [5, 5.41) is 9.14. The van der Waals surface area contributed by atoms with E-state index in [0.717, 1.165) is 90.0 Å². The maximum atomic E-state index is 15.2. The molecule has 3 N–H and O–H groups in total. The van der Waals surface area contributed by atoms with Crippen LogP contribution in [0.5, 0.6) is 0 Å². The molecule has 4 aliphatic rings. The molecule has 1 aromatic carbocycles. The molecule has 2 fully saturated rings. The molecular weight excluding hydrogens is 596 g/mol. The van der Waals surface area contributed by atoms with Crippen LogP contribution in [0.25, 0.3) is 21.7 Å². The highest BCUT2D eigenvalue weighted by atomic mass is 32.1. The van der Waals surface area contributed by atoms with E-state index in [0.29, 0.717) is 11.3 Å². The van der Waals surface area contributed by atoms with Gasteiger partial charge in [0.2, 0.25) is 0 Å². The third-order valence-corrected chi connectivity index (χ3v) is 9.51. The summed E-state index contributed by atoms with van der Waals surface area (Å²) in [5.41, 5.74) is 8.70. The summed E-state index contributed by atoms with van der Waals surface area (Å²) < 4.78 is 15.2. The van der Waals surface area contributed by atoms with E-state index in [-0.39, 0.29) is 20.7 Å². The third kappa shape index (κ3) is 7.77. The average molecular weight is 646 g/mol. The second-order valence-corrected chi connectivity index (χ2v) is 12.7. The number of fused-ring (bicyclic) bond motifs is 1. The number of hydrogen-bond acceptors (Lipinski definition) is 6. The molecule has 247 valence electrons. The highest BCUT2D eigenvalue weighted by Gasteiger charge is 2.33. The Bertz CT molecular complexity index is 1620. The number of likely N-dealkylation sites (tertiary alicyclic amines) is 2. The van der Waals surface area contributed by atoms with Crippen LogP contribution in [0.2, 0.25) is 0 Å². The molecule has 7 rings (SSSR count). The second kappa shape index (κ2) is 15.2. The van der Waals surface area contributed by atoms with Crippen molar-refractivity contribution in [2.45, 2.75) is 53.1 Å². The van der Waals surface area contributed by atoms with Gasteiger partial charge in [0.1, 0.15) is 5.82 Å². The Kier molecular flexibility index (Phi) is 11.1. The van der Waals surface area contributed by atoms with Crippen molar-refractivity contribution >= 4 is 39.9 Å². The van der Waals surface area contributed by atoms with Gasteiger partial charge in [-0.05, 0) is 72.5 Å². The lowest BCUT2D eigenvalue weighted by molar-refractivity contribution is 0.165. The summed E-state index contributed by atoms with van der Waals surface area (Å²) in [5.74, 6) is -0.349. The van der Waals surface area contributed by atoms with Crippen molar-refractivity contribution in [3.63, 3.8) is 0 Å². The molecule has 0 bridgehead atoms. The molecule has 3 aliphatic heterocycles. The van der Waals surface area contributed by atoms with Crippen molar-refractivity contribution in [2.24, 2.45) is 0 Å². The van der Waals surface area contributed by atoms with Gasteiger partial charge in [0.05, 0.1) is 27.2 Å². The minimum absolute atomic E-state index is 0. The zero-order chi connectivity index (χ0) is 32.8. The summed E-state index contributed by atoms with van der Waals surface area (Å²) in [7, 11) is 2.00. The number of aromatic nitrogens is 1. The van der Waals surface area contributed by atoms with Crippen LogP contribution in [0.3, 0.4) is 0 Å². The first kappa shape index (κ1) is 33.6. The van der Waals surface area contributed by atoms with E-state index < -0.39 is 0 Å². The fraction of sp³-hybridized carbons (Fsp3) is 0.378. The van der Waals surface area contributed by atoms with Crippen LogP contribution in [0.1, 0.15) is 59.4 Å². The molecule has 2 saturated heterocycles. The van der Waals surface area contributed by atoms with Crippen LogP contribution < -0.4 is 16.0 Å². The summed E-state index contributed by atoms with van der Waals surface area (Å²) in [6.07, 6.45) is 8.36. The Labute approximate surface area is 280 Å². The van der Waals surface area contributed by atoms with E-state index >= 15 is 4.39 Å². The van der Waals surface area contributed by atoms with Gasteiger partial charge in [0.15, 0.2) is 0 Å². The van der Waals surface area contributed by atoms with Gasteiger partial charge in [0.25, 0.3) is 0 Å². The first-order valence-electron chi connectivity index (χ1n) is 16.5. The van der Waals surface area contributed by atoms with Crippen molar-refractivity contribution in [2.75, 3.05) is 50.4 Å². The van der Waals surface area contributed by atoms with Gasteiger partial charge in [-0.15, -0.1) is 11.3 Å². The Morgan fingerprint density at radius 3 is 2.54 bits per heavy atom. The number of benzene rings is 1. The number of thiophene rings is 1. The Morgan fingerprint density at radius 2 is 1.87 bits per heavy atom. The monoisotopic (exact) mass is 645 g/mol. The van der Waals surface area contributed by atoms with E-state index in [4.69, 9.17) is 4.98 Å². The lowest BCUT2D eigenvalue weighted by Gasteiger charge is -2.36. The molecule has 2 aromatic heterocycles. The molecule has 1 aliphatic carbocycles. The first-order chi connectivity index (χ1) is 22.4. The largest absolute Gasteiger partial charge is 0.380 e. The van der Waals surface area contributed by atoms with E-state index in [9.17, 15) is 4.79 Å². The van der Waals surface area contributed by atoms with Crippen molar-refractivity contribution in [1.82, 2.24) is 20.1 Å². The zero-order valence-corrected chi connectivity index (χ0v) is 28.5. The molecule has 0 atom stereocenters. The first-order valence-corrected chi connectivity index (χ1v) is 17.3. The molecule has 0 unspecified atom stereocenters. The lowest BCUT2D eigenvalue weighted by atomic mass is 10.1. The van der Waals surface area contributed by atoms with Crippen LogP contribution in [0.4, 0.5) is 20.6 Å². The van der Waals surface area contributed by atoms with Crippen molar-refractivity contribution in [1.29, 1.82) is 0 Å². The fourth-order valence-electron chi connectivity index (χ4n) is 5.89. The van der Waals surface area contributed by atoms with Crippen LogP contribution >= 0.6 is 11.3 Å². The van der Waals surface area contributed by atoms with E-state index in [1.807, 2.05) is 47.4 Å². The Hall–Kier alpha value is -3.79. The number of carbonyl (C=O) groups is 1. The number of halogens is 1. The molecule has 5 heterocycles. The van der Waals surface area contributed by atoms with Gasteiger partial charge in [-0.2, -0.15) is 0 Å². The smallest absolute Gasteiger partial charge is 0.319 e. The number of hydrogen-bond donors (Lipinski definition) is 3. The number of amides is 2. The predicted molar refractivity (Wildman–Crippen MR) is 196 cm³/mol. The Morgan fingerprint density at radius 1 is 1.11 bits per heavy atom. The predicted octanol–water partition coefficient (Wildman–Crippen LogP) is 8.56. The number of urea groups is 1. The number of carbonyl (C=O) groups excluding carboxylic acids is 1. The van der Waals surface area contributed by atoms with Crippen molar-refractivity contribution in [3.8, 4) is 10.6 Å². The molecule has 7 nitrogen and oxygen atoms in total. The molecule has 9 heteroatoms. The van der Waals surface area contributed by atoms with Crippen LogP contribution in [0, 0.1) is 12.2 Å². The maximum Gasteiger partial charge on any atom is 0.319 e. The maximum absolute atomic E-state index is 15.2. The van der Waals surface area contributed by atoms with Crippen LogP contribution in [-0.4, -0.2) is 66.6 Å². The molecule has 2 amide bonds.